The van der Waals surface area contributed by atoms with Gasteiger partial charge < -0.3 is 9.47 Å². The molecule has 0 atom stereocenters. The first kappa shape index (κ1) is 18.7. The second-order valence-corrected chi connectivity index (χ2v) is 7.20. The van der Waals surface area contributed by atoms with E-state index in [2.05, 4.69) is 24.3 Å². The van der Waals surface area contributed by atoms with Crippen LogP contribution in [0.4, 0.5) is 0 Å². The summed E-state index contributed by atoms with van der Waals surface area (Å²) >= 11 is 0. The zero-order valence-electron chi connectivity index (χ0n) is 16.5. The van der Waals surface area contributed by atoms with Gasteiger partial charge in [-0.25, -0.2) is 0 Å². The third-order valence-corrected chi connectivity index (χ3v) is 5.21. The molecule has 0 fully saturated rings. The number of hydrogen-bond acceptors (Lipinski definition) is 2. The van der Waals surface area contributed by atoms with Gasteiger partial charge in [0.2, 0.25) is 0 Å². The van der Waals surface area contributed by atoms with E-state index in [0.717, 1.165) is 27.6 Å². The van der Waals surface area contributed by atoms with E-state index in [1.807, 2.05) is 54.6 Å². The molecule has 1 amide bonds. The molecule has 0 N–H and O–H groups in total. The second-order valence-electron chi connectivity index (χ2n) is 7.20. The van der Waals surface area contributed by atoms with Crippen LogP contribution >= 0.6 is 0 Å². The number of aryl methyl sites for hydroxylation is 1. The molecule has 1 aromatic heterocycles. The van der Waals surface area contributed by atoms with Crippen molar-refractivity contribution >= 4 is 16.8 Å². The fourth-order valence-electron chi connectivity index (χ4n) is 3.57. The van der Waals surface area contributed by atoms with Gasteiger partial charge in [-0.15, -0.1) is 0 Å². The van der Waals surface area contributed by atoms with E-state index in [0.29, 0.717) is 12.1 Å². The Bertz CT molecular complexity index is 1230. The zero-order valence-corrected chi connectivity index (χ0v) is 16.5. The Balaban J connectivity index is 1.59. The molecule has 4 nitrogen and oxygen atoms in total. The van der Waals surface area contributed by atoms with E-state index in [1.165, 1.54) is 6.07 Å². The average molecular weight is 382 g/mol. The lowest BCUT2D eigenvalue weighted by Gasteiger charge is -2.19. The minimum absolute atomic E-state index is 0.161. The number of para-hydroxylation sites is 1. The average Bonchev–Trinajstić information content (AvgIpc) is 2.77. The van der Waals surface area contributed by atoms with Crippen LogP contribution in [-0.4, -0.2) is 22.4 Å². The number of benzene rings is 3. The van der Waals surface area contributed by atoms with Crippen molar-refractivity contribution in [2.45, 2.75) is 6.54 Å². The lowest BCUT2D eigenvalue weighted by molar-refractivity contribution is 0.0787. The highest BCUT2D eigenvalue weighted by Crippen LogP contribution is 2.21. The van der Waals surface area contributed by atoms with Crippen LogP contribution < -0.4 is 5.56 Å². The highest BCUT2D eigenvalue weighted by molar-refractivity contribution is 6.06. The molecule has 144 valence electrons. The molecule has 4 aromatic rings. The first-order valence-corrected chi connectivity index (χ1v) is 9.53. The van der Waals surface area contributed by atoms with Crippen LogP contribution in [0.5, 0.6) is 0 Å². The quantitative estimate of drug-likeness (QED) is 0.522. The molecule has 1 heterocycles. The molecule has 0 radical (unpaired) electrons. The zero-order chi connectivity index (χ0) is 20.4. The predicted octanol–water partition coefficient (Wildman–Crippen LogP) is 4.48. The van der Waals surface area contributed by atoms with Gasteiger partial charge in [0.25, 0.3) is 11.5 Å². The van der Waals surface area contributed by atoms with E-state index in [9.17, 15) is 9.59 Å². The van der Waals surface area contributed by atoms with Crippen molar-refractivity contribution in [1.29, 1.82) is 0 Å². The molecular weight excluding hydrogens is 360 g/mol. The molecule has 0 spiro atoms. The van der Waals surface area contributed by atoms with E-state index >= 15 is 0 Å². The minimum atomic E-state index is -0.187. The van der Waals surface area contributed by atoms with Crippen molar-refractivity contribution in [3.05, 3.63) is 106 Å². The minimum Gasteiger partial charge on any atom is -0.337 e. The second kappa shape index (κ2) is 7.76. The molecule has 29 heavy (non-hydrogen) atoms. The van der Waals surface area contributed by atoms with Crippen LogP contribution in [0.2, 0.25) is 0 Å². The summed E-state index contributed by atoms with van der Waals surface area (Å²) in [5.74, 6) is -0.161. The summed E-state index contributed by atoms with van der Waals surface area (Å²) in [5.41, 5.74) is 4.34. The number of nitrogens with zero attached hydrogens (tertiary/aromatic N) is 2. The van der Waals surface area contributed by atoms with Gasteiger partial charge >= 0.3 is 0 Å². The van der Waals surface area contributed by atoms with Crippen LogP contribution in [0.1, 0.15) is 15.9 Å². The van der Waals surface area contributed by atoms with E-state index in [4.69, 9.17) is 0 Å². The number of hydrogen-bond donors (Lipinski definition) is 0. The fourth-order valence-corrected chi connectivity index (χ4v) is 3.57. The van der Waals surface area contributed by atoms with Crippen LogP contribution in [0.3, 0.4) is 0 Å². The Kier molecular flexibility index (Phi) is 5.00. The Labute approximate surface area is 169 Å². The number of carbonyl (C=O) groups is 1. The fraction of sp³-hybridized carbons (Fsp3) is 0.120. The van der Waals surface area contributed by atoms with Crippen LogP contribution in [0, 0.1) is 0 Å². The number of pyridine rings is 1. The maximum Gasteiger partial charge on any atom is 0.254 e. The molecular formula is C25H22N2O2. The summed E-state index contributed by atoms with van der Waals surface area (Å²) in [6, 6.07) is 27.3. The monoisotopic (exact) mass is 382 g/mol. The smallest absolute Gasteiger partial charge is 0.254 e. The van der Waals surface area contributed by atoms with Crippen molar-refractivity contribution in [2.24, 2.45) is 7.05 Å². The largest absolute Gasteiger partial charge is 0.337 e. The maximum absolute atomic E-state index is 13.1. The SMILES string of the molecule is CN(Cc1ccc(-c2ccccc2)cc1)C(=O)c1cc(=O)n(C)c2ccccc12. The molecule has 0 unspecified atom stereocenters. The van der Waals surface area contributed by atoms with E-state index in [-0.39, 0.29) is 11.5 Å². The van der Waals surface area contributed by atoms with Crippen molar-refractivity contribution in [1.82, 2.24) is 9.47 Å². The highest BCUT2D eigenvalue weighted by atomic mass is 16.2. The Hall–Kier alpha value is -3.66. The van der Waals surface area contributed by atoms with E-state index < -0.39 is 0 Å². The molecule has 4 heteroatoms. The standard InChI is InChI=1S/C25H22N2O2/c1-26(17-18-12-14-20(15-13-18)19-8-4-3-5-9-19)25(29)22-16-24(28)27(2)23-11-7-6-10-21(22)23/h3-16H,17H2,1-2H3. The summed E-state index contributed by atoms with van der Waals surface area (Å²) in [5, 5.41) is 0.783. The van der Waals surface area contributed by atoms with E-state index in [1.54, 1.807) is 23.6 Å². The third kappa shape index (κ3) is 3.69. The van der Waals surface area contributed by atoms with Gasteiger partial charge in [-0.1, -0.05) is 72.8 Å². The maximum atomic E-state index is 13.1. The summed E-state index contributed by atoms with van der Waals surface area (Å²) in [6.45, 7) is 0.470. The van der Waals surface area contributed by atoms with Crippen LogP contribution in [0.15, 0.2) is 89.7 Å². The molecule has 3 aromatic carbocycles. The Morgan fingerprint density at radius 3 is 2.21 bits per heavy atom. The van der Waals surface area contributed by atoms with Gasteiger partial charge in [0.05, 0.1) is 11.1 Å². The number of aromatic nitrogens is 1. The molecule has 0 aliphatic carbocycles. The number of amides is 1. The summed E-state index contributed by atoms with van der Waals surface area (Å²) in [7, 11) is 3.48. The molecule has 0 saturated carbocycles. The Morgan fingerprint density at radius 2 is 1.48 bits per heavy atom. The molecule has 0 saturated heterocycles. The van der Waals surface area contributed by atoms with Crippen molar-refractivity contribution < 1.29 is 4.79 Å². The van der Waals surface area contributed by atoms with Crippen molar-refractivity contribution in [2.75, 3.05) is 7.05 Å². The molecule has 0 aliphatic heterocycles. The van der Waals surface area contributed by atoms with Gasteiger partial charge in [0, 0.05) is 32.1 Å². The van der Waals surface area contributed by atoms with Crippen LogP contribution in [0.25, 0.3) is 22.0 Å². The lowest BCUT2D eigenvalue weighted by Crippen LogP contribution is -2.28. The summed E-state index contributed by atoms with van der Waals surface area (Å²) < 4.78 is 1.56. The van der Waals surface area contributed by atoms with Gasteiger partial charge in [0.15, 0.2) is 0 Å². The number of fused-ring (bicyclic) bond motifs is 1. The van der Waals surface area contributed by atoms with Gasteiger partial charge in [-0.05, 0) is 22.8 Å². The van der Waals surface area contributed by atoms with Gasteiger partial charge in [-0.2, -0.15) is 0 Å². The summed E-state index contributed by atoms with van der Waals surface area (Å²) in [6.07, 6.45) is 0. The normalized spacial score (nSPS) is 10.8. The van der Waals surface area contributed by atoms with Crippen LogP contribution in [-0.2, 0) is 13.6 Å². The predicted molar refractivity (Wildman–Crippen MR) is 117 cm³/mol. The Morgan fingerprint density at radius 1 is 0.862 bits per heavy atom. The number of carbonyl (C=O) groups excluding carboxylic acids is 1. The topological polar surface area (TPSA) is 42.3 Å². The first-order valence-electron chi connectivity index (χ1n) is 9.53. The van der Waals surface area contributed by atoms with Crippen molar-refractivity contribution in [3.8, 4) is 11.1 Å². The third-order valence-electron chi connectivity index (χ3n) is 5.21. The molecule has 4 rings (SSSR count). The molecule has 0 bridgehead atoms. The molecule has 0 aliphatic rings. The van der Waals surface area contributed by atoms with Gasteiger partial charge in [0.1, 0.15) is 0 Å². The number of rotatable bonds is 4. The van der Waals surface area contributed by atoms with Crippen molar-refractivity contribution in [3.63, 3.8) is 0 Å². The summed E-state index contributed by atoms with van der Waals surface area (Å²) in [4.78, 5) is 27.0. The highest BCUT2D eigenvalue weighted by Gasteiger charge is 2.17. The van der Waals surface area contributed by atoms with Gasteiger partial charge in [-0.3, -0.25) is 9.59 Å². The lowest BCUT2D eigenvalue weighted by atomic mass is 10.0. The first-order chi connectivity index (χ1) is 14.0.